The molecule has 0 saturated carbocycles. The number of rotatable bonds is 4. The highest BCUT2D eigenvalue weighted by Gasteiger charge is 2.07. The highest BCUT2D eigenvalue weighted by molar-refractivity contribution is 5.54. The standard InChI is InChI=1S/C17H14N6/c1-3-12(22-15(4-1)14-5-2-7-18-14)11-13-6-8-19-17(23-13)16-20-9-10-21-16/h1-10,18H,11H2,(H,20,21). The highest BCUT2D eigenvalue weighted by atomic mass is 15.0. The number of hydrogen-bond donors (Lipinski definition) is 2. The largest absolute Gasteiger partial charge is 0.360 e. The van der Waals surface area contributed by atoms with Crippen LogP contribution in [0.3, 0.4) is 0 Å². The van der Waals surface area contributed by atoms with Crippen molar-refractivity contribution in [3.63, 3.8) is 0 Å². The van der Waals surface area contributed by atoms with Crippen molar-refractivity contribution in [2.24, 2.45) is 0 Å². The Morgan fingerprint density at radius 2 is 1.74 bits per heavy atom. The second kappa shape index (κ2) is 5.84. The Kier molecular flexibility index (Phi) is 3.40. The van der Waals surface area contributed by atoms with Gasteiger partial charge in [-0.15, -0.1) is 0 Å². The van der Waals surface area contributed by atoms with Gasteiger partial charge >= 0.3 is 0 Å². The molecule has 0 aliphatic carbocycles. The zero-order chi connectivity index (χ0) is 15.5. The van der Waals surface area contributed by atoms with Gasteiger partial charge in [-0.3, -0.25) is 4.98 Å². The molecule has 0 aliphatic rings. The van der Waals surface area contributed by atoms with E-state index in [9.17, 15) is 0 Å². The fraction of sp³-hybridized carbons (Fsp3) is 0.0588. The molecule has 0 saturated heterocycles. The van der Waals surface area contributed by atoms with Gasteiger partial charge in [0, 0.05) is 36.9 Å². The van der Waals surface area contributed by atoms with Gasteiger partial charge in [-0.1, -0.05) is 6.07 Å². The molecular formula is C17H14N6. The lowest BCUT2D eigenvalue weighted by atomic mass is 10.2. The van der Waals surface area contributed by atoms with Gasteiger partial charge in [0.15, 0.2) is 11.6 Å². The topological polar surface area (TPSA) is 83.1 Å². The Morgan fingerprint density at radius 1 is 0.783 bits per heavy atom. The number of pyridine rings is 1. The van der Waals surface area contributed by atoms with Gasteiger partial charge < -0.3 is 9.97 Å². The van der Waals surface area contributed by atoms with Gasteiger partial charge in [-0.05, 0) is 30.3 Å². The van der Waals surface area contributed by atoms with Gasteiger partial charge in [0.25, 0.3) is 0 Å². The van der Waals surface area contributed by atoms with Crippen LogP contribution in [0.4, 0.5) is 0 Å². The molecule has 6 nitrogen and oxygen atoms in total. The van der Waals surface area contributed by atoms with Crippen LogP contribution in [0, 0.1) is 0 Å². The molecule has 0 amide bonds. The maximum atomic E-state index is 4.69. The van der Waals surface area contributed by atoms with Gasteiger partial charge in [-0.25, -0.2) is 15.0 Å². The number of imidazole rings is 1. The van der Waals surface area contributed by atoms with Crippen molar-refractivity contribution in [1.29, 1.82) is 0 Å². The quantitative estimate of drug-likeness (QED) is 0.607. The number of aromatic amines is 2. The summed E-state index contributed by atoms with van der Waals surface area (Å²) in [7, 11) is 0. The Labute approximate surface area is 132 Å². The van der Waals surface area contributed by atoms with Crippen LogP contribution in [0.1, 0.15) is 11.4 Å². The van der Waals surface area contributed by atoms with E-state index in [1.54, 1.807) is 18.6 Å². The molecule has 6 heteroatoms. The van der Waals surface area contributed by atoms with Gasteiger partial charge in [0.2, 0.25) is 0 Å². The number of aromatic nitrogens is 6. The van der Waals surface area contributed by atoms with Crippen molar-refractivity contribution in [3.8, 4) is 23.0 Å². The lowest BCUT2D eigenvalue weighted by Crippen LogP contribution is -1.99. The molecule has 112 valence electrons. The average molecular weight is 302 g/mol. The second-order valence-electron chi connectivity index (χ2n) is 5.08. The third-order valence-corrected chi connectivity index (χ3v) is 3.47. The Bertz CT molecular complexity index is 821. The Morgan fingerprint density at radius 3 is 2.57 bits per heavy atom. The molecule has 0 atom stereocenters. The molecule has 23 heavy (non-hydrogen) atoms. The molecule has 4 aromatic rings. The third kappa shape index (κ3) is 2.87. The SMILES string of the molecule is c1cc(Cc2ccnc(-c3ncc[nH]3)n2)nc(-c2ccc[nH]2)c1. The van der Waals surface area contributed by atoms with Crippen LogP contribution in [0.2, 0.25) is 0 Å². The van der Waals surface area contributed by atoms with E-state index in [2.05, 4.69) is 29.9 Å². The van der Waals surface area contributed by atoms with E-state index in [0.717, 1.165) is 22.8 Å². The first-order chi connectivity index (χ1) is 11.4. The lowest BCUT2D eigenvalue weighted by molar-refractivity contribution is 0.982. The smallest absolute Gasteiger partial charge is 0.195 e. The maximum absolute atomic E-state index is 4.69. The van der Waals surface area contributed by atoms with Crippen LogP contribution in [0.5, 0.6) is 0 Å². The molecule has 4 heterocycles. The molecule has 0 bridgehead atoms. The van der Waals surface area contributed by atoms with Crippen molar-refractivity contribution >= 4 is 0 Å². The average Bonchev–Trinajstić information content (AvgIpc) is 3.29. The van der Waals surface area contributed by atoms with E-state index in [1.807, 2.05) is 42.6 Å². The van der Waals surface area contributed by atoms with E-state index < -0.39 is 0 Å². The molecule has 4 rings (SSSR count). The second-order valence-corrected chi connectivity index (χ2v) is 5.08. The van der Waals surface area contributed by atoms with E-state index in [1.165, 1.54) is 0 Å². The summed E-state index contributed by atoms with van der Waals surface area (Å²) in [5, 5.41) is 0. The molecule has 0 unspecified atom stereocenters. The third-order valence-electron chi connectivity index (χ3n) is 3.47. The van der Waals surface area contributed by atoms with E-state index >= 15 is 0 Å². The predicted molar refractivity (Wildman–Crippen MR) is 86.4 cm³/mol. The summed E-state index contributed by atoms with van der Waals surface area (Å²) >= 11 is 0. The molecule has 0 aromatic carbocycles. The molecule has 0 radical (unpaired) electrons. The molecule has 2 N–H and O–H groups in total. The van der Waals surface area contributed by atoms with Crippen molar-refractivity contribution < 1.29 is 0 Å². The minimum Gasteiger partial charge on any atom is -0.360 e. The number of H-pyrrole nitrogens is 2. The summed E-state index contributed by atoms with van der Waals surface area (Å²) in [5.74, 6) is 1.26. The van der Waals surface area contributed by atoms with Crippen molar-refractivity contribution in [2.75, 3.05) is 0 Å². The van der Waals surface area contributed by atoms with Crippen LogP contribution in [-0.4, -0.2) is 29.9 Å². The summed E-state index contributed by atoms with van der Waals surface area (Å²) in [4.78, 5) is 23.9. The minimum atomic E-state index is 0.591. The van der Waals surface area contributed by atoms with Gasteiger partial charge in [0.1, 0.15) is 0 Å². The van der Waals surface area contributed by atoms with Crippen LogP contribution >= 0.6 is 0 Å². The van der Waals surface area contributed by atoms with Crippen molar-refractivity contribution in [2.45, 2.75) is 6.42 Å². The number of nitrogens with zero attached hydrogens (tertiary/aromatic N) is 4. The summed E-state index contributed by atoms with van der Waals surface area (Å²) in [5.41, 5.74) is 3.79. The summed E-state index contributed by atoms with van der Waals surface area (Å²) in [6.45, 7) is 0. The minimum absolute atomic E-state index is 0.591. The number of nitrogens with one attached hydrogen (secondary N) is 2. The first kappa shape index (κ1) is 13.4. The highest BCUT2D eigenvalue weighted by Crippen LogP contribution is 2.16. The maximum Gasteiger partial charge on any atom is 0.195 e. The van der Waals surface area contributed by atoms with Crippen molar-refractivity contribution in [1.82, 2.24) is 29.9 Å². The first-order valence-electron chi connectivity index (χ1n) is 7.30. The summed E-state index contributed by atoms with van der Waals surface area (Å²) < 4.78 is 0. The van der Waals surface area contributed by atoms with Crippen LogP contribution < -0.4 is 0 Å². The van der Waals surface area contributed by atoms with E-state index in [-0.39, 0.29) is 0 Å². The van der Waals surface area contributed by atoms with Crippen LogP contribution in [0.25, 0.3) is 23.0 Å². The lowest BCUT2D eigenvalue weighted by Gasteiger charge is -2.04. The van der Waals surface area contributed by atoms with E-state index in [0.29, 0.717) is 18.1 Å². The summed E-state index contributed by atoms with van der Waals surface area (Å²) in [6.07, 6.45) is 7.73. The Hall–Kier alpha value is -3.28. The van der Waals surface area contributed by atoms with Crippen LogP contribution in [0.15, 0.2) is 61.2 Å². The normalized spacial score (nSPS) is 10.8. The van der Waals surface area contributed by atoms with Gasteiger partial charge in [-0.2, -0.15) is 0 Å². The van der Waals surface area contributed by atoms with Crippen LogP contribution in [-0.2, 0) is 6.42 Å². The van der Waals surface area contributed by atoms with E-state index in [4.69, 9.17) is 0 Å². The molecule has 0 spiro atoms. The van der Waals surface area contributed by atoms with Crippen molar-refractivity contribution in [3.05, 3.63) is 72.6 Å². The Balaban J connectivity index is 1.61. The predicted octanol–water partition coefficient (Wildman–Crippen LogP) is 2.85. The first-order valence-corrected chi connectivity index (χ1v) is 7.30. The molecule has 0 aliphatic heterocycles. The monoisotopic (exact) mass is 302 g/mol. The van der Waals surface area contributed by atoms with Gasteiger partial charge in [0.05, 0.1) is 17.1 Å². The fourth-order valence-electron chi connectivity index (χ4n) is 2.40. The zero-order valence-corrected chi connectivity index (χ0v) is 12.3. The fourth-order valence-corrected chi connectivity index (χ4v) is 2.40. The zero-order valence-electron chi connectivity index (χ0n) is 12.3. The molecule has 4 aromatic heterocycles. The molecular weight excluding hydrogens is 288 g/mol. The number of hydrogen-bond acceptors (Lipinski definition) is 4. The summed E-state index contributed by atoms with van der Waals surface area (Å²) in [6, 6.07) is 11.9. The molecule has 0 fully saturated rings.